The normalized spacial score (nSPS) is 11.8. The van der Waals surface area contributed by atoms with Gasteiger partial charge in [-0.1, -0.05) is 17.7 Å². The molecule has 0 saturated carbocycles. The molecular formula is C16H23NO4. The fraction of sp³-hybridized carbons (Fsp3) is 0.500. The summed E-state index contributed by atoms with van der Waals surface area (Å²) >= 11 is 0. The van der Waals surface area contributed by atoms with E-state index in [4.69, 9.17) is 9.84 Å². The number of rotatable bonds is 8. The number of carbonyl (C=O) groups excluding carboxylic acids is 1. The van der Waals surface area contributed by atoms with Crippen LogP contribution in [0, 0.1) is 13.8 Å². The molecular weight excluding hydrogens is 270 g/mol. The van der Waals surface area contributed by atoms with Crippen molar-refractivity contribution in [3.05, 3.63) is 29.3 Å². The lowest BCUT2D eigenvalue weighted by Gasteiger charge is -2.14. The van der Waals surface area contributed by atoms with Crippen LogP contribution in [-0.2, 0) is 9.59 Å². The van der Waals surface area contributed by atoms with Crippen molar-refractivity contribution in [1.82, 2.24) is 5.32 Å². The van der Waals surface area contributed by atoms with Crippen molar-refractivity contribution >= 4 is 11.9 Å². The highest BCUT2D eigenvalue weighted by atomic mass is 16.5. The van der Waals surface area contributed by atoms with Gasteiger partial charge in [0.2, 0.25) is 0 Å². The van der Waals surface area contributed by atoms with Crippen molar-refractivity contribution in [2.75, 3.05) is 6.61 Å². The van der Waals surface area contributed by atoms with Gasteiger partial charge >= 0.3 is 5.97 Å². The van der Waals surface area contributed by atoms with Crippen LogP contribution in [-0.4, -0.2) is 29.6 Å². The van der Waals surface area contributed by atoms with E-state index in [0.29, 0.717) is 18.6 Å². The molecule has 1 aromatic rings. The first-order valence-electron chi connectivity index (χ1n) is 7.09. The number of aryl methyl sites for hydroxylation is 2. The Morgan fingerprint density at radius 3 is 2.67 bits per heavy atom. The van der Waals surface area contributed by atoms with Gasteiger partial charge in [0, 0.05) is 12.5 Å². The van der Waals surface area contributed by atoms with E-state index >= 15 is 0 Å². The third-order valence-electron chi connectivity index (χ3n) is 3.12. The van der Waals surface area contributed by atoms with Gasteiger partial charge in [-0.3, -0.25) is 9.59 Å². The number of nitrogens with one attached hydrogen (secondary N) is 1. The van der Waals surface area contributed by atoms with Crippen LogP contribution in [0.4, 0.5) is 0 Å². The molecule has 0 bridgehead atoms. The Balaban J connectivity index is 2.31. The molecule has 0 spiro atoms. The summed E-state index contributed by atoms with van der Waals surface area (Å²) in [6.07, 6.45) is 1.32. The molecule has 0 saturated heterocycles. The molecule has 0 fully saturated rings. The van der Waals surface area contributed by atoms with Crippen LogP contribution in [0.25, 0.3) is 0 Å². The maximum Gasteiger partial charge on any atom is 0.303 e. The van der Waals surface area contributed by atoms with E-state index in [1.807, 2.05) is 39.0 Å². The van der Waals surface area contributed by atoms with E-state index < -0.39 is 5.97 Å². The first kappa shape index (κ1) is 17.0. The molecule has 0 aliphatic carbocycles. The molecule has 1 rings (SSSR count). The minimum Gasteiger partial charge on any atom is -0.484 e. The lowest BCUT2D eigenvalue weighted by Crippen LogP contribution is -2.36. The van der Waals surface area contributed by atoms with Gasteiger partial charge in [0.15, 0.2) is 6.61 Å². The van der Waals surface area contributed by atoms with Crippen LogP contribution in [0.15, 0.2) is 18.2 Å². The Hall–Kier alpha value is -2.04. The highest BCUT2D eigenvalue weighted by Gasteiger charge is 2.09. The van der Waals surface area contributed by atoms with Crippen molar-refractivity contribution in [3.63, 3.8) is 0 Å². The molecule has 1 unspecified atom stereocenters. The third kappa shape index (κ3) is 6.79. The van der Waals surface area contributed by atoms with E-state index in [9.17, 15) is 9.59 Å². The fourth-order valence-corrected chi connectivity index (χ4v) is 2.05. The van der Waals surface area contributed by atoms with Gasteiger partial charge < -0.3 is 15.2 Å². The van der Waals surface area contributed by atoms with Crippen LogP contribution in [0.2, 0.25) is 0 Å². The fourth-order valence-electron chi connectivity index (χ4n) is 2.05. The first-order chi connectivity index (χ1) is 9.88. The standard InChI is InChI=1S/C16H23NO4/c1-11-7-8-14(12(2)9-11)21-10-15(18)17-13(3)5-4-6-16(19)20/h7-9,13H,4-6,10H2,1-3H3,(H,17,18)(H,19,20). The zero-order chi connectivity index (χ0) is 15.8. The van der Waals surface area contributed by atoms with Gasteiger partial charge in [-0.05, 0) is 45.2 Å². The molecule has 2 N–H and O–H groups in total. The molecule has 0 radical (unpaired) electrons. The third-order valence-corrected chi connectivity index (χ3v) is 3.12. The summed E-state index contributed by atoms with van der Waals surface area (Å²) < 4.78 is 5.49. The maximum absolute atomic E-state index is 11.7. The second-order valence-corrected chi connectivity index (χ2v) is 5.31. The molecule has 1 amide bonds. The molecule has 21 heavy (non-hydrogen) atoms. The number of hydrogen-bond donors (Lipinski definition) is 2. The van der Waals surface area contributed by atoms with Gasteiger partial charge in [-0.2, -0.15) is 0 Å². The Labute approximate surface area is 125 Å². The molecule has 5 heteroatoms. The average molecular weight is 293 g/mol. The summed E-state index contributed by atoms with van der Waals surface area (Å²) in [5.41, 5.74) is 2.15. The quantitative estimate of drug-likeness (QED) is 0.772. The van der Waals surface area contributed by atoms with Crippen LogP contribution in [0.5, 0.6) is 5.75 Å². The van der Waals surface area contributed by atoms with Crippen molar-refractivity contribution in [3.8, 4) is 5.75 Å². The topological polar surface area (TPSA) is 75.6 Å². The minimum atomic E-state index is -0.813. The van der Waals surface area contributed by atoms with Crippen LogP contribution >= 0.6 is 0 Å². The Kier molecular flexibility index (Phi) is 6.72. The van der Waals surface area contributed by atoms with Crippen molar-refractivity contribution in [2.24, 2.45) is 0 Å². The van der Waals surface area contributed by atoms with Gasteiger partial charge in [-0.25, -0.2) is 0 Å². The Morgan fingerprint density at radius 2 is 2.05 bits per heavy atom. The molecule has 116 valence electrons. The number of ether oxygens (including phenoxy) is 1. The first-order valence-corrected chi connectivity index (χ1v) is 7.09. The monoisotopic (exact) mass is 293 g/mol. The summed E-state index contributed by atoms with van der Waals surface area (Å²) in [5, 5.41) is 11.4. The number of hydrogen-bond acceptors (Lipinski definition) is 3. The summed E-state index contributed by atoms with van der Waals surface area (Å²) in [6, 6.07) is 5.74. The molecule has 1 aromatic carbocycles. The summed E-state index contributed by atoms with van der Waals surface area (Å²) in [7, 11) is 0. The lowest BCUT2D eigenvalue weighted by atomic mass is 10.1. The number of benzene rings is 1. The molecule has 0 aromatic heterocycles. The highest BCUT2D eigenvalue weighted by Crippen LogP contribution is 2.18. The summed E-state index contributed by atoms with van der Waals surface area (Å²) in [4.78, 5) is 22.2. The lowest BCUT2D eigenvalue weighted by molar-refractivity contribution is -0.137. The van der Waals surface area contributed by atoms with E-state index in [1.54, 1.807) is 0 Å². The second kappa shape index (κ2) is 8.29. The van der Waals surface area contributed by atoms with Gasteiger partial charge in [0.05, 0.1) is 0 Å². The molecule has 0 aliphatic rings. The number of carboxylic acids is 1. The van der Waals surface area contributed by atoms with Gasteiger partial charge in [0.1, 0.15) is 5.75 Å². The van der Waals surface area contributed by atoms with Crippen molar-refractivity contribution < 1.29 is 19.4 Å². The van der Waals surface area contributed by atoms with Crippen LogP contribution < -0.4 is 10.1 Å². The largest absolute Gasteiger partial charge is 0.484 e. The van der Waals surface area contributed by atoms with Crippen LogP contribution in [0.1, 0.15) is 37.3 Å². The predicted octanol–water partition coefficient (Wildman–Crippen LogP) is 2.44. The minimum absolute atomic E-state index is 0.0346. The zero-order valence-electron chi connectivity index (χ0n) is 12.8. The number of carbonyl (C=O) groups is 2. The average Bonchev–Trinajstić information content (AvgIpc) is 2.37. The van der Waals surface area contributed by atoms with E-state index in [1.165, 1.54) is 0 Å². The van der Waals surface area contributed by atoms with E-state index in [-0.39, 0.29) is 25.0 Å². The summed E-state index contributed by atoms with van der Waals surface area (Å²) in [6.45, 7) is 5.76. The zero-order valence-corrected chi connectivity index (χ0v) is 12.8. The van der Waals surface area contributed by atoms with Gasteiger partial charge in [-0.15, -0.1) is 0 Å². The molecule has 5 nitrogen and oxygen atoms in total. The predicted molar refractivity (Wildman–Crippen MR) is 80.5 cm³/mol. The SMILES string of the molecule is Cc1ccc(OCC(=O)NC(C)CCCC(=O)O)c(C)c1. The maximum atomic E-state index is 11.7. The number of aliphatic carboxylic acids is 1. The smallest absolute Gasteiger partial charge is 0.303 e. The van der Waals surface area contributed by atoms with Crippen LogP contribution in [0.3, 0.4) is 0 Å². The number of amides is 1. The van der Waals surface area contributed by atoms with E-state index in [2.05, 4.69) is 5.32 Å². The Morgan fingerprint density at radius 1 is 1.33 bits per heavy atom. The molecule has 1 atom stereocenters. The Bertz CT molecular complexity index is 499. The summed E-state index contributed by atoms with van der Waals surface area (Å²) in [5.74, 6) is -0.307. The molecule has 0 aliphatic heterocycles. The number of carboxylic acid groups (broad SMARTS) is 1. The van der Waals surface area contributed by atoms with Crippen molar-refractivity contribution in [2.45, 2.75) is 46.1 Å². The van der Waals surface area contributed by atoms with Gasteiger partial charge in [0.25, 0.3) is 5.91 Å². The van der Waals surface area contributed by atoms with E-state index in [0.717, 1.165) is 11.1 Å². The highest BCUT2D eigenvalue weighted by molar-refractivity contribution is 5.77. The van der Waals surface area contributed by atoms with Crippen molar-refractivity contribution in [1.29, 1.82) is 0 Å². The molecule has 0 heterocycles. The second-order valence-electron chi connectivity index (χ2n) is 5.31.